The first-order chi connectivity index (χ1) is 10.1. The molecule has 1 amide bonds. The lowest BCUT2D eigenvalue weighted by Gasteiger charge is -2.24. The van der Waals surface area contributed by atoms with Crippen molar-refractivity contribution in [3.05, 3.63) is 69.9 Å². The van der Waals surface area contributed by atoms with Crippen molar-refractivity contribution in [1.82, 2.24) is 4.90 Å². The Kier molecular flexibility index (Phi) is 4.31. The topological polar surface area (TPSA) is 20.3 Å². The van der Waals surface area contributed by atoms with Gasteiger partial charge in [0.05, 0.1) is 0 Å². The first-order valence-electron chi connectivity index (χ1n) is 6.59. The van der Waals surface area contributed by atoms with Crippen LogP contribution in [0.5, 0.6) is 0 Å². The molecule has 1 saturated heterocycles. The summed E-state index contributed by atoms with van der Waals surface area (Å²) >= 11 is 5.03. The fourth-order valence-electron chi connectivity index (χ4n) is 2.37. The first kappa shape index (κ1) is 14.6. The highest BCUT2D eigenvalue weighted by molar-refractivity contribution is 9.10. The summed E-state index contributed by atoms with van der Waals surface area (Å²) in [5.74, 6) is 0.585. The fraction of sp³-hybridized carbons (Fsp3) is 0.188. The number of benzene rings is 2. The maximum Gasteiger partial charge on any atom is 0.255 e. The van der Waals surface area contributed by atoms with E-state index in [9.17, 15) is 9.18 Å². The lowest BCUT2D eigenvalue weighted by atomic mass is 10.1. The first-order valence-corrected chi connectivity index (χ1v) is 8.43. The van der Waals surface area contributed by atoms with E-state index in [1.165, 1.54) is 12.1 Å². The normalized spacial score (nSPS) is 18.0. The molecule has 0 unspecified atom stereocenters. The Hall–Kier alpha value is -1.33. The van der Waals surface area contributed by atoms with Gasteiger partial charge in [-0.05, 0) is 42.0 Å². The number of rotatable bonds is 2. The Morgan fingerprint density at radius 3 is 2.71 bits per heavy atom. The molecule has 1 atom stereocenters. The van der Waals surface area contributed by atoms with Crippen LogP contribution in [-0.4, -0.2) is 23.1 Å². The molecule has 1 aliphatic heterocycles. The highest BCUT2D eigenvalue weighted by Crippen LogP contribution is 2.38. The van der Waals surface area contributed by atoms with Gasteiger partial charge >= 0.3 is 0 Å². The van der Waals surface area contributed by atoms with E-state index in [1.807, 2.05) is 23.1 Å². The highest BCUT2D eigenvalue weighted by atomic mass is 79.9. The Balaban J connectivity index is 1.87. The van der Waals surface area contributed by atoms with Crippen LogP contribution in [0.4, 0.5) is 4.39 Å². The van der Waals surface area contributed by atoms with Gasteiger partial charge in [-0.1, -0.05) is 28.1 Å². The maximum atomic E-state index is 13.4. The molecule has 0 N–H and O–H groups in total. The quantitative estimate of drug-likeness (QED) is 0.781. The van der Waals surface area contributed by atoms with Crippen molar-refractivity contribution in [2.24, 2.45) is 0 Å². The minimum absolute atomic E-state index is 0.0123. The third kappa shape index (κ3) is 3.14. The van der Waals surface area contributed by atoms with Crippen LogP contribution in [0.25, 0.3) is 0 Å². The van der Waals surface area contributed by atoms with Crippen molar-refractivity contribution >= 4 is 33.6 Å². The van der Waals surface area contributed by atoms with Gasteiger partial charge < -0.3 is 4.90 Å². The molecular formula is C16H13BrFNOS. The largest absolute Gasteiger partial charge is 0.322 e. The number of halogens is 2. The second-order valence-electron chi connectivity index (χ2n) is 4.78. The molecule has 3 rings (SSSR count). The second-order valence-corrected chi connectivity index (χ2v) is 6.89. The smallest absolute Gasteiger partial charge is 0.255 e. The van der Waals surface area contributed by atoms with E-state index in [0.29, 0.717) is 12.1 Å². The van der Waals surface area contributed by atoms with Crippen molar-refractivity contribution in [2.75, 3.05) is 12.3 Å². The minimum atomic E-state index is -0.268. The van der Waals surface area contributed by atoms with E-state index in [-0.39, 0.29) is 17.1 Å². The second kappa shape index (κ2) is 6.20. The van der Waals surface area contributed by atoms with Gasteiger partial charge in [0, 0.05) is 22.3 Å². The van der Waals surface area contributed by atoms with Gasteiger partial charge in [-0.15, -0.1) is 11.8 Å². The molecule has 0 bridgehead atoms. The van der Waals surface area contributed by atoms with Crippen molar-refractivity contribution in [1.29, 1.82) is 0 Å². The van der Waals surface area contributed by atoms with E-state index >= 15 is 0 Å². The molecule has 108 valence electrons. The summed E-state index contributed by atoms with van der Waals surface area (Å²) < 4.78 is 14.3. The van der Waals surface area contributed by atoms with Crippen molar-refractivity contribution in [3.8, 4) is 0 Å². The summed E-state index contributed by atoms with van der Waals surface area (Å²) in [4.78, 5) is 14.4. The van der Waals surface area contributed by atoms with Gasteiger partial charge in [-0.2, -0.15) is 0 Å². The SMILES string of the molecule is O=C(c1ccc(Br)cc1)N1CCS[C@@H]1c1cccc(F)c1. The van der Waals surface area contributed by atoms with E-state index in [2.05, 4.69) is 15.9 Å². The van der Waals surface area contributed by atoms with Crippen LogP contribution in [0.2, 0.25) is 0 Å². The molecule has 0 aliphatic carbocycles. The number of carbonyl (C=O) groups is 1. The van der Waals surface area contributed by atoms with Crippen LogP contribution in [0.1, 0.15) is 21.3 Å². The zero-order chi connectivity index (χ0) is 14.8. The van der Waals surface area contributed by atoms with E-state index in [4.69, 9.17) is 0 Å². The number of hydrogen-bond donors (Lipinski definition) is 0. The van der Waals surface area contributed by atoms with Crippen LogP contribution in [-0.2, 0) is 0 Å². The van der Waals surface area contributed by atoms with Crippen molar-refractivity contribution in [2.45, 2.75) is 5.37 Å². The summed E-state index contributed by atoms with van der Waals surface area (Å²) in [6.45, 7) is 0.681. The van der Waals surface area contributed by atoms with E-state index in [0.717, 1.165) is 15.8 Å². The predicted molar refractivity (Wildman–Crippen MR) is 86.8 cm³/mol. The average Bonchev–Trinajstić information content (AvgIpc) is 2.97. The molecule has 0 aromatic heterocycles. The monoisotopic (exact) mass is 365 g/mol. The average molecular weight is 366 g/mol. The lowest BCUT2D eigenvalue weighted by Crippen LogP contribution is -2.30. The maximum absolute atomic E-state index is 13.4. The Morgan fingerprint density at radius 2 is 2.00 bits per heavy atom. The summed E-state index contributed by atoms with van der Waals surface area (Å²) in [5, 5.41) is -0.114. The van der Waals surface area contributed by atoms with Gasteiger partial charge in [0.25, 0.3) is 5.91 Å². The predicted octanol–water partition coefficient (Wildman–Crippen LogP) is 4.48. The lowest BCUT2D eigenvalue weighted by molar-refractivity contribution is 0.0760. The van der Waals surface area contributed by atoms with Crippen molar-refractivity contribution in [3.63, 3.8) is 0 Å². The summed E-state index contributed by atoms with van der Waals surface area (Å²) in [6, 6.07) is 13.8. The van der Waals surface area contributed by atoms with Gasteiger partial charge in [0.2, 0.25) is 0 Å². The van der Waals surface area contributed by atoms with E-state index in [1.54, 1.807) is 30.0 Å². The molecule has 1 heterocycles. The van der Waals surface area contributed by atoms with Gasteiger partial charge in [-0.3, -0.25) is 4.79 Å². The Morgan fingerprint density at radius 1 is 1.24 bits per heavy atom. The number of amides is 1. The van der Waals surface area contributed by atoms with Crippen LogP contribution in [0.3, 0.4) is 0 Å². The highest BCUT2D eigenvalue weighted by Gasteiger charge is 2.31. The molecule has 21 heavy (non-hydrogen) atoms. The van der Waals surface area contributed by atoms with Gasteiger partial charge in [0.15, 0.2) is 0 Å². The zero-order valence-electron chi connectivity index (χ0n) is 11.1. The molecule has 0 spiro atoms. The molecule has 1 fully saturated rings. The van der Waals surface area contributed by atoms with Gasteiger partial charge in [0.1, 0.15) is 11.2 Å². The van der Waals surface area contributed by atoms with Crippen LogP contribution in [0, 0.1) is 5.82 Å². The number of carbonyl (C=O) groups excluding carboxylic acids is 1. The molecule has 0 radical (unpaired) electrons. The molecule has 0 saturated carbocycles. The number of nitrogens with zero attached hydrogens (tertiary/aromatic N) is 1. The third-order valence-corrected chi connectivity index (χ3v) is 5.17. The number of hydrogen-bond acceptors (Lipinski definition) is 2. The van der Waals surface area contributed by atoms with E-state index < -0.39 is 0 Å². The fourth-order valence-corrected chi connectivity index (χ4v) is 3.88. The molecule has 5 heteroatoms. The molecule has 2 nitrogen and oxygen atoms in total. The summed E-state index contributed by atoms with van der Waals surface area (Å²) in [5.41, 5.74) is 1.49. The van der Waals surface area contributed by atoms with Crippen LogP contribution < -0.4 is 0 Å². The summed E-state index contributed by atoms with van der Waals surface area (Å²) in [6.07, 6.45) is 0. The van der Waals surface area contributed by atoms with Crippen LogP contribution >= 0.6 is 27.7 Å². The Bertz CT molecular complexity index is 662. The number of thioether (sulfide) groups is 1. The summed E-state index contributed by atoms with van der Waals surface area (Å²) in [7, 11) is 0. The van der Waals surface area contributed by atoms with Crippen molar-refractivity contribution < 1.29 is 9.18 Å². The Labute approximate surface area is 135 Å². The molecule has 1 aliphatic rings. The zero-order valence-corrected chi connectivity index (χ0v) is 13.5. The standard InChI is InChI=1S/C16H13BrFNOS/c17-13-6-4-11(5-7-13)15(20)19-8-9-21-16(19)12-2-1-3-14(18)10-12/h1-7,10,16H,8-9H2/t16-/m1/s1. The molecule has 2 aromatic carbocycles. The third-order valence-electron chi connectivity index (χ3n) is 3.38. The minimum Gasteiger partial charge on any atom is -0.322 e. The van der Waals surface area contributed by atoms with Crippen LogP contribution in [0.15, 0.2) is 53.0 Å². The van der Waals surface area contributed by atoms with Gasteiger partial charge in [-0.25, -0.2) is 4.39 Å². The molecule has 2 aromatic rings. The molecular weight excluding hydrogens is 353 g/mol.